The van der Waals surface area contributed by atoms with Crippen molar-refractivity contribution in [1.29, 1.82) is 0 Å². The Kier molecular flexibility index (Phi) is 2.96. The van der Waals surface area contributed by atoms with E-state index >= 15 is 0 Å². The monoisotopic (exact) mass is 238 g/mol. The molecule has 3 nitrogen and oxygen atoms in total. The number of nitrogens with one attached hydrogen (secondary N) is 2. The lowest BCUT2D eigenvalue weighted by Crippen LogP contribution is -2.58. The van der Waals surface area contributed by atoms with E-state index in [4.69, 9.17) is 4.74 Å². The van der Waals surface area contributed by atoms with Crippen LogP contribution in [0.4, 0.5) is 0 Å². The van der Waals surface area contributed by atoms with Gasteiger partial charge in [0.15, 0.2) is 0 Å². The van der Waals surface area contributed by atoms with Gasteiger partial charge in [-0.1, -0.05) is 13.3 Å². The van der Waals surface area contributed by atoms with Crippen molar-refractivity contribution in [2.75, 3.05) is 20.1 Å². The van der Waals surface area contributed by atoms with E-state index in [2.05, 4.69) is 24.6 Å². The highest BCUT2D eigenvalue weighted by atomic mass is 16.5. The van der Waals surface area contributed by atoms with E-state index in [1.807, 2.05) is 0 Å². The second-order valence-corrected chi connectivity index (χ2v) is 6.33. The van der Waals surface area contributed by atoms with Gasteiger partial charge in [-0.3, -0.25) is 0 Å². The maximum atomic E-state index is 6.62. The van der Waals surface area contributed by atoms with Crippen LogP contribution in [0, 0.1) is 5.92 Å². The first-order valence-electron chi connectivity index (χ1n) is 7.30. The van der Waals surface area contributed by atoms with Crippen LogP contribution in [-0.2, 0) is 4.74 Å². The fraction of sp³-hybridized carbons (Fsp3) is 1.00. The van der Waals surface area contributed by atoms with Gasteiger partial charge in [-0.05, 0) is 45.1 Å². The number of morpholine rings is 1. The Balaban J connectivity index is 1.64. The first-order valence-corrected chi connectivity index (χ1v) is 7.30. The molecule has 1 aliphatic heterocycles. The molecule has 3 rings (SSSR count). The molecule has 0 aromatic rings. The van der Waals surface area contributed by atoms with Gasteiger partial charge in [0, 0.05) is 19.1 Å². The molecule has 3 fully saturated rings. The van der Waals surface area contributed by atoms with Crippen molar-refractivity contribution in [3.05, 3.63) is 0 Å². The average Bonchev–Trinajstić information content (AvgIpc) is 3.02. The standard InChI is InChI=1S/C14H26N2O/c1-3-11-8-14(11)10-16-9-13(17-14)6-4-12(15-2)5-7-13/h11-12,15-16H,3-10H2,1-2H3. The molecule has 98 valence electrons. The average molecular weight is 238 g/mol. The van der Waals surface area contributed by atoms with Crippen LogP contribution in [-0.4, -0.2) is 37.4 Å². The molecule has 1 heterocycles. The van der Waals surface area contributed by atoms with Gasteiger partial charge in [0.2, 0.25) is 0 Å². The Morgan fingerprint density at radius 2 is 2.06 bits per heavy atom. The zero-order valence-corrected chi connectivity index (χ0v) is 11.2. The van der Waals surface area contributed by atoms with Gasteiger partial charge in [-0.15, -0.1) is 0 Å². The van der Waals surface area contributed by atoms with Crippen molar-refractivity contribution in [3.8, 4) is 0 Å². The molecule has 17 heavy (non-hydrogen) atoms. The van der Waals surface area contributed by atoms with Crippen molar-refractivity contribution >= 4 is 0 Å². The summed E-state index contributed by atoms with van der Waals surface area (Å²) in [6, 6.07) is 0.711. The molecule has 2 N–H and O–H groups in total. The Morgan fingerprint density at radius 1 is 1.29 bits per heavy atom. The predicted octanol–water partition coefficient (Wildman–Crippen LogP) is 1.68. The fourth-order valence-electron chi connectivity index (χ4n) is 3.93. The van der Waals surface area contributed by atoms with E-state index in [9.17, 15) is 0 Å². The Morgan fingerprint density at radius 3 is 2.65 bits per heavy atom. The second kappa shape index (κ2) is 4.22. The highest BCUT2D eigenvalue weighted by Gasteiger charge is 2.60. The van der Waals surface area contributed by atoms with Crippen LogP contribution < -0.4 is 10.6 Å². The second-order valence-electron chi connectivity index (χ2n) is 6.33. The minimum atomic E-state index is 0.162. The quantitative estimate of drug-likeness (QED) is 0.768. The minimum Gasteiger partial charge on any atom is -0.366 e. The summed E-state index contributed by atoms with van der Waals surface area (Å²) in [6.07, 6.45) is 7.55. The lowest BCUT2D eigenvalue weighted by molar-refractivity contribution is -0.155. The molecule has 2 spiro atoms. The lowest BCUT2D eigenvalue weighted by Gasteiger charge is -2.46. The Hall–Kier alpha value is -0.120. The van der Waals surface area contributed by atoms with Crippen molar-refractivity contribution in [2.45, 2.75) is 62.7 Å². The summed E-state index contributed by atoms with van der Waals surface area (Å²) in [4.78, 5) is 0. The van der Waals surface area contributed by atoms with Crippen LogP contribution >= 0.6 is 0 Å². The molecule has 3 heteroatoms. The zero-order chi connectivity index (χ0) is 11.9. The summed E-state index contributed by atoms with van der Waals surface area (Å²) in [6.45, 7) is 4.45. The van der Waals surface area contributed by atoms with Gasteiger partial charge in [0.05, 0.1) is 11.2 Å². The molecule has 0 radical (unpaired) electrons. The molecule has 2 unspecified atom stereocenters. The third-order valence-corrected chi connectivity index (χ3v) is 5.26. The van der Waals surface area contributed by atoms with E-state index in [1.54, 1.807) is 0 Å². The highest BCUT2D eigenvalue weighted by molar-refractivity contribution is 5.11. The molecule has 2 atom stereocenters. The molecular weight excluding hydrogens is 212 g/mol. The summed E-state index contributed by atoms with van der Waals surface area (Å²) in [5.41, 5.74) is 0.384. The summed E-state index contributed by atoms with van der Waals surface area (Å²) in [7, 11) is 2.08. The molecule has 0 aromatic carbocycles. The zero-order valence-electron chi connectivity index (χ0n) is 11.2. The van der Waals surface area contributed by atoms with E-state index in [1.165, 1.54) is 38.5 Å². The number of rotatable bonds is 2. The summed E-state index contributed by atoms with van der Waals surface area (Å²) < 4.78 is 6.62. The summed E-state index contributed by atoms with van der Waals surface area (Å²) in [5, 5.41) is 7.06. The molecule has 2 aliphatic carbocycles. The Labute approximate surface area is 105 Å². The molecule has 3 aliphatic rings. The number of hydrogen-bond donors (Lipinski definition) is 2. The first kappa shape index (κ1) is 11.9. The number of ether oxygens (including phenoxy) is 1. The van der Waals surface area contributed by atoms with Gasteiger partial charge in [-0.2, -0.15) is 0 Å². The van der Waals surface area contributed by atoms with Gasteiger partial charge in [0.1, 0.15) is 0 Å². The van der Waals surface area contributed by atoms with E-state index in [0.717, 1.165) is 19.0 Å². The smallest absolute Gasteiger partial charge is 0.0847 e. The highest BCUT2D eigenvalue weighted by Crippen LogP contribution is 2.54. The predicted molar refractivity (Wildman–Crippen MR) is 69.1 cm³/mol. The van der Waals surface area contributed by atoms with Gasteiger partial charge >= 0.3 is 0 Å². The van der Waals surface area contributed by atoms with E-state index in [-0.39, 0.29) is 11.2 Å². The summed E-state index contributed by atoms with van der Waals surface area (Å²) >= 11 is 0. The van der Waals surface area contributed by atoms with Crippen LogP contribution in [0.1, 0.15) is 45.4 Å². The Bertz CT molecular complexity index is 286. The fourth-order valence-corrected chi connectivity index (χ4v) is 3.93. The molecule has 2 saturated carbocycles. The molecule has 0 aromatic heterocycles. The molecule has 0 bridgehead atoms. The largest absolute Gasteiger partial charge is 0.366 e. The van der Waals surface area contributed by atoms with Gasteiger partial charge in [0.25, 0.3) is 0 Å². The van der Waals surface area contributed by atoms with Gasteiger partial charge < -0.3 is 15.4 Å². The molecule has 0 amide bonds. The van der Waals surface area contributed by atoms with E-state index in [0.29, 0.717) is 6.04 Å². The van der Waals surface area contributed by atoms with Crippen LogP contribution in [0.5, 0.6) is 0 Å². The third kappa shape index (κ3) is 2.02. The van der Waals surface area contributed by atoms with Crippen molar-refractivity contribution in [1.82, 2.24) is 10.6 Å². The third-order valence-electron chi connectivity index (χ3n) is 5.26. The van der Waals surface area contributed by atoms with Crippen LogP contribution in [0.3, 0.4) is 0 Å². The van der Waals surface area contributed by atoms with Crippen molar-refractivity contribution < 1.29 is 4.74 Å². The minimum absolute atomic E-state index is 0.162. The maximum absolute atomic E-state index is 6.62. The van der Waals surface area contributed by atoms with Crippen LogP contribution in [0.2, 0.25) is 0 Å². The van der Waals surface area contributed by atoms with Crippen molar-refractivity contribution in [3.63, 3.8) is 0 Å². The lowest BCUT2D eigenvalue weighted by atomic mass is 9.80. The topological polar surface area (TPSA) is 33.3 Å². The molecule has 1 saturated heterocycles. The van der Waals surface area contributed by atoms with Gasteiger partial charge in [-0.25, -0.2) is 0 Å². The van der Waals surface area contributed by atoms with Crippen molar-refractivity contribution in [2.24, 2.45) is 5.92 Å². The normalized spacial score (nSPS) is 49.8. The molecular formula is C14H26N2O. The number of hydrogen-bond acceptors (Lipinski definition) is 3. The van der Waals surface area contributed by atoms with Crippen LogP contribution in [0.15, 0.2) is 0 Å². The maximum Gasteiger partial charge on any atom is 0.0847 e. The van der Waals surface area contributed by atoms with E-state index < -0.39 is 0 Å². The van der Waals surface area contributed by atoms with Crippen LogP contribution in [0.25, 0.3) is 0 Å². The SMILES string of the molecule is CCC1CC12CNCC1(CCC(NC)CC1)O2. The first-order chi connectivity index (χ1) is 8.22. The summed E-state index contributed by atoms with van der Waals surface area (Å²) in [5.74, 6) is 0.814.